The van der Waals surface area contributed by atoms with Gasteiger partial charge in [-0.15, -0.1) is 0 Å². The number of carbonyl (C=O) groups is 1. The molecule has 0 aliphatic rings. The molecule has 6 heteroatoms. The van der Waals surface area contributed by atoms with E-state index >= 15 is 0 Å². The third-order valence-corrected chi connectivity index (χ3v) is 2.34. The van der Waals surface area contributed by atoms with E-state index in [2.05, 4.69) is 15.6 Å². The van der Waals surface area contributed by atoms with Gasteiger partial charge >= 0.3 is 6.03 Å². The second kappa shape index (κ2) is 5.37. The van der Waals surface area contributed by atoms with Crippen LogP contribution in [-0.4, -0.2) is 11.0 Å². The molecule has 1 heterocycles. The van der Waals surface area contributed by atoms with Gasteiger partial charge in [-0.25, -0.2) is 9.78 Å². The quantitative estimate of drug-likeness (QED) is 0.575. The Morgan fingerprint density at radius 3 is 2.56 bits per heavy atom. The van der Waals surface area contributed by atoms with Crippen molar-refractivity contribution in [2.24, 2.45) is 0 Å². The Bertz CT molecular complexity index is 524. The van der Waals surface area contributed by atoms with Crippen LogP contribution in [0.15, 0.2) is 42.6 Å². The van der Waals surface area contributed by atoms with Crippen molar-refractivity contribution in [3.8, 4) is 0 Å². The number of nitrogens with two attached hydrogens (primary N) is 1. The van der Waals surface area contributed by atoms with Gasteiger partial charge in [-0.1, -0.05) is 17.7 Å². The highest BCUT2D eigenvalue weighted by molar-refractivity contribution is 6.29. The summed E-state index contributed by atoms with van der Waals surface area (Å²) in [7, 11) is 0. The van der Waals surface area contributed by atoms with Crippen LogP contribution in [0.2, 0.25) is 5.15 Å². The third-order valence-electron chi connectivity index (χ3n) is 2.13. The zero-order chi connectivity index (χ0) is 13.0. The normalized spacial score (nSPS) is 9.83. The Morgan fingerprint density at radius 1 is 1.17 bits per heavy atom. The smallest absolute Gasteiger partial charge is 0.323 e. The summed E-state index contributed by atoms with van der Waals surface area (Å²) in [6, 6.07) is 9.74. The summed E-state index contributed by atoms with van der Waals surface area (Å²) in [5.41, 5.74) is 7.38. The van der Waals surface area contributed by atoms with Crippen LogP contribution in [0.3, 0.4) is 0 Å². The maximum absolute atomic E-state index is 11.7. The Kier molecular flexibility index (Phi) is 3.64. The van der Waals surface area contributed by atoms with Crippen LogP contribution in [0.25, 0.3) is 0 Å². The lowest BCUT2D eigenvalue weighted by atomic mass is 10.3. The average Bonchev–Trinajstić information content (AvgIpc) is 2.28. The summed E-state index contributed by atoms with van der Waals surface area (Å²) in [5.74, 6) is 0. The third kappa shape index (κ3) is 3.36. The number of pyridine rings is 1. The van der Waals surface area contributed by atoms with Gasteiger partial charge in [-0.2, -0.15) is 0 Å². The summed E-state index contributed by atoms with van der Waals surface area (Å²) in [4.78, 5) is 15.5. The largest absolute Gasteiger partial charge is 0.399 e. The van der Waals surface area contributed by atoms with E-state index in [1.807, 2.05) is 0 Å². The summed E-state index contributed by atoms with van der Waals surface area (Å²) in [6.45, 7) is 0. The molecule has 0 saturated carbocycles. The van der Waals surface area contributed by atoms with Crippen molar-refractivity contribution in [2.75, 3.05) is 16.4 Å². The number of rotatable bonds is 2. The topological polar surface area (TPSA) is 80.0 Å². The number of halogens is 1. The molecule has 0 spiro atoms. The molecule has 0 saturated heterocycles. The van der Waals surface area contributed by atoms with Crippen LogP contribution >= 0.6 is 11.6 Å². The molecule has 4 N–H and O–H groups in total. The minimum atomic E-state index is -0.372. The van der Waals surface area contributed by atoms with E-state index in [1.54, 1.807) is 36.4 Å². The summed E-state index contributed by atoms with van der Waals surface area (Å²) < 4.78 is 0. The second-order valence-electron chi connectivity index (χ2n) is 3.57. The fourth-order valence-corrected chi connectivity index (χ4v) is 1.56. The molecule has 2 aromatic rings. The van der Waals surface area contributed by atoms with Crippen molar-refractivity contribution in [3.63, 3.8) is 0 Å². The number of hydrogen-bond donors (Lipinski definition) is 3. The fraction of sp³-hybridized carbons (Fsp3) is 0. The number of urea groups is 1. The number of amides is 2. The zero-order valence-electron chi connectivity index (χ0n) is 9.35. The van der Waals surface area contributed by atoms with Gasteiger partial charge < -0.3 is 16.4 Å². The molecule has 0 fully saturated rings. The molecule has 0 unspecified atom stereocenters. The summed E-state index contributed by atoms with van der Waals surface area (Å²) >= 11 is 5.71. The van der Waals surface area contributed by atoms with Crippen molar-refractivity contribution >= 4 is 34.7 Å². The number of nitrogens with one attached hydrogen (secondary N) is 2. The van der Waals surface area contributed by atoms with E-state index in [4.69, 9.17) is 17.3 Å². The van der Waals surface area contributed by atoms with Crippen molar-refractivity contribution in [1.29, 1.82) is 0 Å². The highest BCUT2D eigenvalue weighted by Crippen LogP contribution is 2.14. The van der Waals surface area contributed by atoms with Crippen LogP contribution in [0.5, 0.6) is 0 Å². The lowest BCUT2D eigenvalue weighted by Crippen LogP contribution is -2.19. The van der Waals surface area contributed by atoms with Gasteiger partial charge in [0.1, 0.15) is 5.15 Å². The van der Waals surface area contributed by atoms with Crippen LogP contribution in [0.1, 0.15) is 0 Å². The minimum Gasteiger partial charge on any atom is -0.399 e. The molecular weight excluding hydrogens is 252 g/mol. The molecule has 0 atom stereocenters. The first-order valence-electron chi connectivity index (χ1n) is 5.18. The van der Waals surface area contributed by atoms with Crippen LogP contribution < -0.4 is 16.4 Å². The van der Waals surface area contributed by atoms with E-state index in [-0.39, 0.29) is 6.03 Å². The van der Waals surface area contributed by atoms with Crippen LogP contribution in [0.4, 0.5) is 21.9 Å². The van der Waals surface area contributed by atoms with E-state index in [0.29, 0.717) is 22.2 Å². The Morgan fingerprint density at radius 2 is 1.89 bits per heavy atom. The predicted molar refractivity (Wildman–Crippen MR) is 72.7 cm³/mol. The van der Waals surface area contributed by atoms with Crippen molar-refractivity contribution in [3.05, 3.63) is 47.7 Å². The monoisotopic (exact) mass is 262 g/mol. The standard InChI is InChI=1S/C12H11ClN4O/c13-11-7-10(4-5-15-11)17-12(18)16-9-3-1-2-8(14)6-9/h1-7H,14H2,(H2,15,16,17,18). The average molecular weight is 263 g/mol. The molecule has 2 amide bonds. The van der Waals surface area contributed by atoms with Crippen LogP contribution in [-0.2, 0) is 0 Å². The van der Waals surface area contributed by atoms with E-state index < -0.39 is 0 Å². The Balaban J connectivity index is 2.01. The maximum atomic E-state index is 11.7. The van der Waals surface area contributed by atoms with Gasteiger partial charge in [0.15, 0.2) is 0 Å². The lowest BCUT2D eigenvalue weighted by molar-refractivity contribution is 0.262. The molecule has 0 aliphatic carbocycles. The Labute approximate surface area is 109 Å². The molecule has 1 aromatic heterocycles. The number of nitrogens with zero attached hydrogens (tertiary/aromatic N) is 1. The van der Waals surface area contributed by atoms with Crippen molar-refractivity contribution in [2.45, 2.75) is 0 Å². The zero-order valence-corrected chi connectivity index (χ0v) is 10.1. The molecule has 92 valence electrons. The molecular formula is C12H11ClN4O. The molecule has 2 rings (SSSR count). The lowest BCUT2D eigenvalue weighted by Gasteiger charge is -2.08. The van der Waals surface area contributed by atoms with Crippen molar-refractivity contribution in [1.82, 2.24) is 4.98 Å². The minimum absolute atomic E-state index is 0.316. The molecule has 5 nitrogen and oxygen atoms in total. The van der Waals surface area contributed by atoms with E-state index in [1.165, 1.54) is 6.20 Å². The number of aromatic nitrogens is 1. The van der Waals surface area contributed by atoms with Gasteiger partial charge in [0.2, 0.25) is 0 Å². The predicted octanol–water partition coefficient (Wildman–Crippen LogP) is 2.96. The molecule has 0 bridgehead atoms. The number of carbonyl (C=O) groups excluding carboxylic acids is 1. The van der Waals surface area contributed by atoms with Gasteiger partial charge in [-0.05, 0) is 30.3 Å². The molecule has 0 radical (unpaired) electrons. The second-order valence-corrected chi connectivity index (χ2v) is 3.96. The first-order valence-corrected chi connectivity index (χ1v) is 5.56. The van der Waals surface area contributed by atoms with Crippen LogP contribution in [0, 0.1) is 0 Å². The van der Waals surface area contributed by atoms with Gasteiger partial charge in [0, 0.05) is 23.3 Å². The number of anilines is 3. The molecule has 18 heavy (non-hydrogen) atoms. The number of hydrogen-bond acceptors (Lipinski definition) is 3. The van der Waals surface area contributed by atoms with E-state index in [9.17, 15) is 4.79 Å². The van der Waals surface area contributed by atoms with Gasteiger partial charge in [0.05, 0.1) is 0 Å². The fourth-order valence-electron chi connectivity index (χ4n) is 1.39. The van der Waals surface area contributed by atoms with Gasteiger partial charge in [0.25, 0.3) is 0 Å². The summed E-state index contributed by atoms with van der Waals surface area (Å²) in [6.07, 6.45) is 1.51. The van der Waals surface area contributed by atoms with Crippen molar-refractivity contribution < 1.29 is 4.79 Å². The molecule has 1 aromatic carbocycles. The number of benzene rings is 1. The first-order chi connectivity index (χ1) is 8.63. The highest BCUT2D eigenvalue weighted by atomic mass is 35.5. The van der Waals surface area contributed by atoms with E-state index in [0.717, 1.165) is 0 Å². The highest BCUT2D eigenvalue weighted by Gasteiger charge is 2.03. The maximum Gasteiger partial charge on any atom is 0.323 e. The Hall–Kier alpha value is -2.27. The SMILES string of the molecule is Nc1cccc(NC(=O)Nc2ccnc(Cl)c2)c1. The van der Waals surface area contributed by atoms with Gasteiger partial charge in [-0.3, -0.25) is 0 Å². The summed E-state index contributed by atoms with van der Waals surface area (Å²) in [5, 5.41) is 5.61. The molecule has 0 aliphatic heterocycles. The first kappa shape index (κ1) is 12.2. The number of nitrogen functional groups attached to an aromatic ring is 1.